The molecule has 0 saturated carbocycles. The first-order chi connectivity index (χ1) is 8.13. The zero-order valence-electron chi connectivity index (χ0n) is 11.6. The number of nitrogens with one attached hydrogen (secondary N) is 2. The van der Waals surface area contributed by atoms with Crippen LogP contribution in [0.1, 0.15) is 59.3 Å². The smallest absolute Gasteiger partial charge is 0.223 e. The van der Waals surface area contributed by atoms with Crippen LogP contribution in [0.4, 0.5) is 0 Å². The van der Waals surface area contributed by atoms with Crippen molar-refractivity contribution >= 4 is 5.91 Å². The van der Waals surface area contributed by atoms with Gasteiger partial charge in [0.1, 0.15) is 0 Å². The first-order valence-electron chi connectivity index (χ1n) is 7.17. The third-order valence-electron chi connectivity index (χ3n) is 3.62. The van der Waals surface area contributed by atoms with Crippen molar-refractivity contribution in [2.45, 2.75) is 71.4 Å². The second kappa shape index (κ2) is 7.70. The Morgan fingerprint density at radius 2 is 2.24 bits per heavy atom. The molecule has 1 heterocycles. The van der Waals surface area contributed by atoms with Gasteiger partial charge in [0, 0.05) is 18.0 Å². The fraction of sp³-hybridized carbons (Fsp3) is 0.929. The molecule has 0 bridgehead atoms. The number of carbonyl (C=O) groups excluding carboxylic acids is 1. The summed E-state index contributed by atoms with van der Waals surface area (Å²) in [5.74, 6) is 0.488. The van der Waals surface area contributed by atoms with Gasteiger partial charge in [0.15, 0.2) is 0 Å². The van der Waals surface area contributed by atoms with E-state index >= 15 is 0 Å². The van der Waals surface area contributed by atoms with Gasteiger partial charge in [0.05, 0.1) is 0 Å². The summed E-state index contributed by atoms with van der Waals surface area (Å²) in [7, 11) is 0. The van der Waals surface area contributed by atoms with Crippen LogP contribution in [-0.2, 0) is 4.79 Å². The van der Waals surface area contributed by atoms with Crippen molar-refractivity contribution in [3.8, 4) is 0 Å². The lowest BCUT2D eigenvalue weighted by atomic mass is 9.92. The second-order valence-electron chi connectivity index (χ2n) is 5.48. The largest absolute Gasteiger partial charge is 0.353 e. The second-order valence-corrected chi connectivity index (χ2v) is 5.48. The average molecular weight is 240 g/mol. The summed E-state index contributed by atoms with van der Waals surface area (Å²) >= 11 is 0. The van der Waals surface area contributed by atoms with Gasteiger partial charge in [-0.05, 0) is 39.7 Å². The van der Waals surface area contributed by atoms with Gasteiger partial charge in [-0.3, -0.25) is 4.79 Å². The fourth-order valence-electron chi connectivity index (χ4n) is 2.50. The highest BCUT2D eigenvalue weighted by Gasteiger charge is 2.25. The van der Waals surface area contributed by atoms with E-state index in [0.717, 1.165) is 25.8 Å². The van der Waals surface area contributed by atoms with E-state index in [1.807, 2.05) is 0 Å². The average Bonchev–Trinajstić information content (AvgIpc) is 2.29. The lowest BCUT2D eigenvalue weighted by molar-refractivity contribution is -0.126. The maximum absolute atomic E-state index is 12.0. The third kappa shape index (κ3) is 5.53. The maximum Gasteiger partial charge on any atom is 0.223 e. The topological polar surface area (TPSA) is 41.1 Å². The number of rotatable bonds is 6. The van der Waals surface area contributed by atoms with E-state index in [0.29, 0.717) is 12.1 Å². The quantitative estimate of drug-likeness (QED) is 0.700. The van der Waals surface area contributed by atoms with E-state index < -0.39 is 0 Å². The Morgan fingerprint density at radius 1 is 1.47 bits per heavy atom. The van der Waals surface area contributed by atoms with Crippen molar-refractivity contribution in [2.75, 3.05) is 6.54 Å². The van der Waals surface area contributed by atoms with Crippen molar-refractivity contribution < 1.29 is 4.79 Å². The van der Waals surface area contributed by atoms with Crippen molar-refractivity contribution in [3.63, 3.8) is 0 Å². The molecule has 3 atom stereocenters. The lowest BCUT2D eigenvalue weighted by Crippen LogP contribution is -2.44. The minimum atomic E-state index is 0.222. The Labute approximate surface area is 106 Å². The van der Waals surface area contributed by atoms with E-state index in [-0.39, 0.29) is 11.8 Å². The Kier molecular flexibility index (Phi) is 6.56. The Balaban J connectivity index is 2.22. The highest BCUT2D eigenvalue weighted by molar-refractivity contribution is 5.79. The first-order valence-corrected chi connectivity index (χ1v) is 7.17. The van der Waals surface area contributed by atoms with E-state index in [2.05, 4.69) is 31.4 Å². The molecule has 1 amide bonds. The van der Waals surface area contributed by atoms with Crippen molar-refractivity contribution in [2.24, 2.45) is 5.92 Å². The number of amides is 1. The molecule has 1 fully saturated rings. The van der Waals surface area contributed by atoms with Crippen molar-refractivity contribution in [1.82, 2.24) is 10.6 Å². The van der Waals surface area contributed by atoms with Crippen molar-refractivity contribution in [1.29, 1.82) is 0 Å². The van der Waals surface area contributed by atoms with Gasteiger partial charge in [0.25, 0.3) is 0 Å². The summed E-state index contributed by atoms with van der Waals surface area (Å²) in [5, 5.41) is 6.54. The predicted octanol–water partition coefficient (Wildman–Crippen LogP) is 2.46. The molecule has 3 unspecified atom stereocenters. The number of unbranched alkanes of at least 4 members (excludes halogenated alkanes) is 2. The van der Waals surface area contributed by atoms with Crippen LogP contribution in [0.5, 0.6) is 0 Å². The molecule has 2 N–H and O–H groups in total. The molecule has 0 aromatic heterocycles. The van der Waals surface area contributed by atoms with Gasteiger partial charge < -0.3 is 10.6 Å². The van der Waals surface area contributed by atoms with E-state index in [9.17, 15) is 4.79 Å². The Bertz CT molecular complexity index is 230. The van der Waals surface area contributed by atoms with Crippen LogP contribution >= 0.6 is 0 Å². The monoisotopic (exact) mass is 240 g/mol. The molecule has 17 heavy (non-hydrogen) atoms. The van der Waals surface area contributed by atoms with E-state index in [1.54, 1.807) is 0 Å². The molecule has 1 saturated heterocycles. The molecule has 0 aliphatic carbocycles. The summed E-state index contributed by atoms with van der Waals surface area (Å²) in [5.41, 5.74) is 0. The van der Waals surface area contributed by atoms with Crippen LogP contribution in [0.25, 0.3) is 0 Å². The summed E-state index contributed by atoms with van der Waals surface area (Å²) in [6.45, 7) is 7.46. The summed E-state index contributed by atoms with van der Waals surface area (Å²) in [4.78, 5) is 12.0. The van der Waals surface area contributed by atoms with Crippen LogP contribution in [-0.4, -0.2) is 24.5 Å². The van der Waals surface area contributed by atoms with Crippen LogP contribution in [0.2, 0.25) is 0 Å². The van der Waals surface area contributed by atoms with Crippen LogP contribution in [0, 0.1) is 5.92 Å². The number of hydrogen-bond donors (Lipinski definition) is 2. The molecule has 1 aliphatic heterocycles. The van der Waals surface area contributed by atoms with Gasteiger partial charge in [-0.1, -0.05) is 26.2 Å². The number of hydrogen-bond acceptors (Lipinski definition) is 2. The normalized spacial score (nSPS) is 26.5. The fourth-order valence-corrected chi connectivity index (χ4v) is 2.50. The SMILES string of the molecule is CCCCCC(C)NC(=O)C1CCNC(C)C1. The number of carbonyl (C=O) groups is 1. The van der Waals surface area contributed by atoms with Gasteiger partial charge in [0.2, 0.25) is 5.91 Å². The molecule has 1 aliphatic rings. The van der Waals surface area contributed by atoms with Gasteiger partial charge in [-0.15, -0.1) is 0 Å². The molecule has 0 radical (unpaired) electrons. The molecule has 0 aromatic carbocycles. The lowest BCUT2D eigenvalue weighted by Gasteiger charge is -2.28. The number of piperidine rings is 1. The highest BCUT2D eigenvalue weighted by Crippen LogP contribution is 2.16. The molecule has 3 heteroatoms. The van der Waals surface area contributed by atoms with E-state index in [1.165, 1.54) is 19.3 Å². The minimum Gasteiger partial charge on any atom is -0.353 e. The van der Waals surface area contributed by atoms with Gasteiger partial charge in [-0.25, -0.2) is 0 Å². The predicted molar refractivity (Wildman–Crippen MR) is 71.9 cm³/mol. The maximum atomic E-state index is 12.0. The molecular formula is C14H28N2O. The zero-order valence-corrected chi connectivity index (χ0v) is 11.6. The van der Waals surface area contributed by atoms with Crippen molar-refractivity contribution in [3.05, 3.63) is 0 Å². The summed E-state index contributed by atoms with van der Waals surface area (Å²) in [6, 6.07) is 0.814. The molecule has 0 spiro atoms. The van der Waals surface area contributed by atoms with Crippen LogP contribution in [0.3, 0.4) is 0 Å². The molecule has 100 valence electrons. The molecule has 1 rings (SSSR count). The summed E-state index contributed by atoms with van der Waals surface area (Å²) < 4.78 is 0. The van der Waals surface area contributed by atoms with Crippen LogP contribution < -0.4 is 10.6 Å². The van der Waals surface area contributed by atoms with E-state index in [4.69, 9.17) is 0 Å². The summed E-state index contributed by atoms with van der Waals surface area (Å²) in [6.07, 6.45) is 6.81. The molecule has 3 nitrogen and oxygen atoms in total. The standard InChI is InChI=1S/C14H28N2O/c1-4-5-6-7-11(2)16-14(17)13-8-9-15-12(3)10-13/h11-13,15H,4-10H2,1-3H3,(H,16,17). The Hall–Kier alpha value is -0.570. The van der Waals surface area contributed by atoms with Gasteiger partial charge in [-0.2, -0.15) is 0 Å². The van der Waals surface area contributed by atoms with Crippen LogP contribution in [0.15, 0.2) is 0 Å². The highest BCUT2D eigenvalue weighted by atomic mass is 16.1. The third-order valence-corrected chi connectivity index (χ3v) is 3.62. The molecule has 0 aromatic rings. The Morgan fingerprint density at radius 3 is 2.88 bits per heavy atom. The molecular weight excluding hydrogens is 212 g/mol. The zero-order chi connectivity index (χ0) is 12.7. The minimum absolute atomic E-state index is 0.222. The first kappa shape index (κ1) is 14.5. The van der Waals surface area contributed by atoms with Gasteiger partial charge >= 0.3 is 0 Å².